The number of pyridine rings is 1. The molecule has 0 saturated heterocycles. The number of nitrogens with zero attached hydrogens (tertiary/aromatic N) is 2. The Morgan fingerprint density at radius 2 is 1.96 bits per heavy atom. The van der Waals surface area contributed by atoms with Crippen molar-refractivity contribution in [3.63, 3.8) is 0 Å². The summed E-state index contributed by atoms with van der Waals surface area (Å²) < 4.78 is 2.13. The van der Waals surface area contributed by atoms with Gasteiger partial charge in [-0.3, -0.25) is 0 Å². The lowest BCUT2D eigenvalue weighted by atomic mass is 10.1. The Balaban J connectivity index is 0.00000169. The number of aliphatic hydroxyl groups is 1. The second kappa shape index (κ2) is 6.77. The molecule has 1 N–H and O–H groups in total. The first-order valence-corrected chi connectivity index (χ1v) is 8.37. The van der Waals surface area contributed by atoms with Crippen LogP contribution in [0, 0.1) is 6.92 Å². The highest BCUT2D eigenvalue weighted by Crippen LogP contribution is 2.29. The van der Waals surface area contributed by atoms with Crippen LogP contribution in [0.1, 0.15) is 11.3 Å². The maximum atomic E-state index is 9.32. The molecular weight excluding hydrogens is 340 g/mol. The molecule has 0 bridgehead atoms. The standard InChI is InChI=1S/C19H16N2OS.ClH/c1-13-19(17-6-3-9-23-17)20-18-8-7-16(11-21(13)18)15-5-2-4-14(10-15)12-22;/h2-11,22H,12H2,1H3;1H. The van der Waals surface area contributed by atoms with Crippen molar-refractivity contribution in [3.05, 3.63) is 71.4 Å². The van der Waals surface area contributed by atoms with E-state index in [1.807, 2.05) is 24.3 Å². The van der Waals surface area contributed by atoms with Crippen LogP contribution in [0.5, 0.6) is 0 Å². The smallest absolute Gasteiger partial charge is 0.137 e. The fraction of sp³-hybridized carbons (Fsp3) is 0.105. The van der Waals surface area contributed by atoms with E-state index in [1.165, 1.54) is 4.88 Å². The average Bonchev–Trinajstić information content (AvgIpc) is 3.23. The van der Waals surface area contributed by atoms with E-state index in [4.69, 9.17) is 4.98 Å². The van der Waals surface area contributed by atoms with Crippen molar-refractivity contribution in [2.45, 2.75) is 13.5 Å². The number of halogens is 1. The summed E-state index contributed by atoms with van der Waals surface area (Å²) in [6, 6.07) is 16.3. The normalized spacial score (nSPS) is 10.8. The van der Waals surface area contributed by atoms with E-state index in [9.17, 15) is 5.11 Å². The van der Waals surface area contributed by atoms with Crippen LogP contribution in [0.3, 0.4) is 0 Å². The van der Waals surface area contributed by atoms with E-state index in [-0.39, 0.29) is 19.0 Å². The largest absolute Gasteiger partial charge is 0.392 e. The first-order valence-electron chi connectivity index (χ1n) is 7.49. The summed E-state index contributed by atoms with van der Waals surface area (Å²) in [5.74, 6) is 0. The number of thiophene rings is 1. The SMILES string of the molecule is Cc1c(-c2cccs2)nc2ccc(-c3cccc(CO)c3)cn12.Cl. The predicted molar refractivity (Wildman–Crippen MR) is 102 cm³/mol. The Bertz CT molecular complexity index is 976. The number of hydrogen-bond acceptors (Lipinski definition) is 3. The summed E-state index contributed by atoms with van der Waals surface area (Å²) >= 11 is 1.71. The number of fused-ring (bicyclic) bond motifs is 1. The van der Waals surface area contributed by atoms with Crippen molar-refractivity contribution in [2.75, 3.05) is 0 Å². The van der Waals surface area contributed by atoms with Gasteiger partial charge < -0.3 is 9.51 Å². The van der Waals surface area contributed by atoms with Crippen LogP contribution < -0.4 is 0 Å². The molecule has 4 rings (SSSR count). The lowest BCUT2D eigenvalue weighted by Gasteiger charge is -2.05. The van der Waals surface area contributed by atoms with E-state index in [2.05, 4.69) is 47.2 Å². The maximum Gasteiger partial charge on any atom is 0.137 e. The van der Waals surface area contributed by atoms with Crippen LogP contribution in [-0.2, 0) is 6.61 Å². The van der Waals surface area contributed by atoms with Crippen LogP contribution in [0.4, 0.5) is 0 Å². The van der Waals surface area contributed by atoms with Gasteiger partial charge in [-0.05, 0) is 53.3 Å². The highest BCUT2D eigenvalue weighted by atomic mass is 35.5. The summed E-state index contributed by atoms with van der Waals surface area (Å²) in [6.45, 7) is 2.16. The van der Waals surface area contributed by atoms with Gasteiger partial charge in [-0.1, -0.05) is 24.3 Å². The molecule has 0 spiro atoms. The number of imidazole rings is 1. The first kappa shape index (κ1) is 16.7. The van der Waals surface area contributed by atoms with Crippen LogP contribution in [0.15, 0.2) is 60.1 Å². The van der Waals surface area contributed by atoms with Crippen molar-refractivity contribution in [1.29, 1.82) is 0 Å². The summed E-state index contributed by atoms with van der Waals surface area (Å²) in [5.41, 5.74) is 6.27. The van der Waals surface area contributed by atoms with Gasteiger partial charge in [0.2, 0.25) is 0 Å². The Morgan fingerprint density at radius 1 is 1.08 bits per heavy atom. The van der Waals surface area contributed by atoms with Crippen LogP contribution in [0.25, 0.3) is 27.3 Å². The molecule has 0 aliphatic rings. The number of rotatable bonds is 3. The molecule has 3 nitrogen and oxygen atoms in total. The average molecular weight is 357 g/mol. The molecule has 0 unspecified atom stereocenters. The predicted octanol–water partition coefficient (Wildman–Crippen LogP) is 4.95. The van der Waals surface area contributed by atoms with Crippen LogP contribution in [-0.4, -0.2) is 14.5 Å². The zero-order chi connectivity index (χ0) is 15.8. The van der Waals surface area contributed by atoms with Gasteiger partial charge in [0, 0.05) is 11.9 Å². The molecule has 4 aromatic rings. The van der Waals surface area contributed by atoms with Gasteiger partial charge in [-0.15, -0.1) is 23.7 Å². The van der Waals surface area contributed by atoms with E-state index in [0.29, 0.717) is 0 Å². The molecule has 3 aromatic heterocycles. The summed E-state index contributed by atoms with van der Waals surface area (Å²) in [5, 5.41) is 11.4. The van der Waals surface area contributed by atoms with Crippen molar-refractivity contribution in [2.24, 2.45) is 0 Å². The Labute approximate surface area is 150 Å². The fourth-order valence-corrected chi connectivity index (χ4v) is 3.59. The highest BCUT2D eigenvalue weighted by molar-refractivity contribution is 7.13. The molecular formula is C19H17ClN2OS. The first-order chi connectivity index (χ1) is 11.3. The van der Waals surface area contributed by atoms with E-state index < -0.39 is 0 Å². The third kappa shape index (κ3) is 2.84. The van der Waals surface area contributed by atoms with Crippen molar-refractivity contribution < 1.29 is 5.11 Å². The van der Waals surface area contributed by atoms with Gasteiger partial charge in [0.05, 0.1) is 11.5 Å². The second-order valence-electron chi connectivity index (χ2n) is 5.53. The van der Waals surface area contributed by atoms with Gasteiger partial charge in [-0.2, -0.15) is 0 Å². The molecule has 0 radical (unpaired) electrons. The fourth-order valence-electron chi connectivity index (χ4n) is 2.83. The topological polar surface area (TPSA) is 37.5 Å². The highest BCUT2D eigenvalue weighted by Gasteiger charge is 2.12. The molecule has 0 aliphatic carbocycles. The van der Waals surface area contributed by atoms with Crippen LogP contribution in [0.2, 0.25) is 0 Å². The Morgan fingerprint density at radius 3 is 2.71 bits per heavy atom. The third-order valence-electron chi connectivity index (χ3n) is 4.05. The zero-order valence-electron chi connectivity index (χ0n) is 13.1. The number of aliphatic hydroxyl groups excluding tert-OH is 1. The van der Waals surface area contributed by atoms with Crippen molar-refractivity contribution in [3.8, 4) is 21.7 Å². The van der Waals surface area contributed by atoms with Gasteiger partial charge in [-0.25, -0.2) is 4.98 Å². The lowest BCUT2D eigenvalue weighted by Crippen LogP contribution is -1.90. The molecule has 3 heterocycles. The molecule has 122 valence electrons. The van der Waals surface area contributed by atoms with E-state index in [1.54, 1.807) is 11.3 Å². The summed E-state index contributed by atoms with van der Waals surface area (Å²) in [6.07, 6.45) is 2.12. The van der Waals surface area contributed by atoms with E-state index >= 15 is 0 Å². The maximum absolute atomic E-state index is 9.32. The van der Waals surface area contributed by atoms with Crippen molar-refractivity contribution in [1.82, 2.24) is 9.38 Å². The quantitative estimate of drug-likeness (QED) is 0.563. The van der Waals surface area contributed by atoms with Gasteiger partial charge in [0.15, 0.2) is 0 Å². The minimum Gasteiger partial charge on any atom is -0.392 e. The van der Waals surface area contributed by atoms with E-state index in [0.717, 1.165) is 33.7 Å². The minimum atomic E-state index is 0. The Kier molecular flexibility index (Phi) is 4.71. The Hall–Kier alpha value is -2.14. The summed E-state index contributed by atoms with van der Waals surface area (Å²) in [7, 11) is 0. The minimum absolute atomic E-state index is 0. The molecule has 5 heteroatoms. The molecule has 0 saturated carbocycles. The summed E-state index contributed by atoms with van der Waals surface area (Å²) in [4.78, 5) is 5.95. The van der Waals surface area contributed by atoms with Gasteiger partial charge in [0.1, 0.15) is 11.3 Å². The number of hydrogen-bond donors (Lipinski definition) is 1. The van der Waals surface area contributed by atoms with Gasteiger partial charge in [0.25, 0.3) is 0 Å². The molecule has 0 amide bonds. The molecule has 0 aliphatic heterocycles. The molecule has 0 fully saturated rings. The third-order valence-corrected chi connectivity index (χ3v) is 4.93. The van der Waals surface area contributed by atoms with Crippen molar-refractivity contribution >= 4 is 29.4 Å². The monoisotopic (exact) mass is 356 g/mol. The van der Waals surface area contributed by atoms with Crippen LogP contribution >= 0.6 is 23.7 Å². The number of benzene rings is 1. The lowest BCUT2D eigenvalue weighted by molar-refractivity contribution is 0.282. The number of aryl methyl sites for hydroxylation is 1. The zero-order valence-corrected chi connectivity index (χ0v) is 14.8. The molecule has 24 heavy (non-hydrogen) atoms. The molecule has 1 aromatic carbocycles. The molecule has 0 atom stereocenters. The second-order valence-corrected chi connectivity index (χ2v) is 6.48. The number of aromatic nitrogens is 2. The van der Waals surface area contributed by atoms with Gasteiger partial charge >= 0.3 is 0 Å².